The highest BCUT2D eigenvalue weighted by atomic mass is 19.1. The monoisotopic (exact) mass is 251 g/mol. The van der Waals surface area contributed by atoms with Crippen molar-refractivity contribution in [1.82, 2.24) is 4.90 Å². The fourth-order valence-corrected chi connectivity index (χ4v) is 2.44. The van der Waals surface area contributed by atoms with Gasteiger partial charge in [-0.3, -0.25) is 0 Å². The second-order valence-corrected chi connectivity index (χ2v) is 5.38. The molecular weight excluding hydrogens is 229 g/mol. The Balaban J connectivity index is 1.77. The highest BCUT2D eigenvalue weighted by Crippen LogP contribution is 2.20. The van der Waals surface area contributed by atoms with Crippen LogP contribution in [0.15, 0.2) is 24.3 Å². The van der Waals surface area contributed by atoms with Crippen LogP contribution in [-0.4, -0.2) is 29.6 Å². The van der Waals surface area contributed by atoms with Crippen molar-refractivity contribution in [3.8, 4) is 0 Å². The normalized spacial score (nSPS) is 19.9. The van der Waals surface area contributed by atoms with Gasteiger partial charge in [-0.1, -0.05) is 19.1 Å². The first kappa shape index (κ1) is 13.5. The van der Waals surface area contributed by atoms with Crippen molar-refractivity contribution >= 4 is 0 Å². The third-order valence-electron chi connectivity index (χ3n) is 3.85. The maximum atomic E-state index is 12.8. The summed E-state index contributed by atoms with van der Waals surface area (Å²) in [5.74, 6) is 0.583. The maximum absolute atomic E-state index is 12.8. The van der Waals surface area contributed by atoms with Crippen molar-refractivity contribution in [2.75, 3.05) is 19.6 Å². The number of benzene rings is 1. The largest absolute Gasteiger partial charge is 0.388 e. The van der Waals surface area contributed by atoms with E-state index in [-0.39, 0.29) is 5.82 Å². The van der Waals surface area contributed by atoms with Crippen molar-refractivity contribution in [3.05, 3.63) is 35.6 Å². The number of rotatable bonds is 4. The van der Waals surface area contributed by atoms with Gasteiger partial charge in [0, 0.05) is 6.54 Å². The third-order valence-corrected chi connectivity index (χ3v) is 3.85. The van der Waals surface area contributed by atoms with Gasteiger partial charge in [-0.05, 0) is 56.0 Å². The first-order valence-electron chi connectivity index (χ1n) is 6.81. The second-order valence-electron chi connectivity index (χ2n) is 5.38. The smallest absolute Gasteiger partial charge is 0.123 e. The second kappa shape index (κ2) is 6.30. The molecule has 1 saturated heterocycles. The molecule has 18 heavy (non-hydrogen) atoms. The predicted octanol–water partition coefficient (Wildman–Crippen LogP) is 2.98. The molecule has 1 fully saturated rings. The van der Waals surface area contributed by atoms with E-state index in [1.54, 1.807) is 12.1 Å². The van der Waals surface area contributed by atoms with E-state index in [4.69, 9.17) is 0 Å². The molecule has 1 N–H and O–H groups in total. The van der Waals surface area contributed by atoms with Crippen LogP contribution in [0, 0.1) is 11.7 Å². The van der Waals surface area contributed by atoms with E-state index >= 15 is 0 Å². The van der Waals surface area contributed by atoms with E-state index in [0.717, 1.165) is 37.5 Å². The molecule has 1 heterocycles. The highest BCUT2D eigenvalue weighted by molar-refractivity contribution is 5.18. The molecule has 1 aliphatic heterocycles. The number of halogens is 1. The molecule has 2 rings (SSSR count). The fourth-order valence-electron chi connectivity index (χ4n) is 2.44. The summed E-state index contributed by atoms with van der Waals surface area (Å²) in [6.45, 7) is 5.49. The zero-order chi connectivity index (χ0) is 13.0. The minimum absolute atomic E-state index is 0.254. The van der Waals surface area contributed by atoms with Gasteiger partial charge in [0.15, 0.2) is 0 Å². The molecule has 0 aromatic heterocycles. The molecule has 1 aliphatic rings. The summed E-state index contributed by atoms with van der Waals surface area (Å²) in [5, 5.41) is 10.0. The van der Waals surface area contributed by atoms with E-state index in [9.17, 15) is 9.50 Å². The van der Waals surface area contributed by atoms with Gasteiger partial charge < -0.3 is 10.0 Å². The van der Waals surface area contributed by atoms with Crippen LogP contribution >= 0.6 is 0 Å². The maximum Gasteiger partial charge on any atom is 0.123 e. The van der Waals surface area contributed by atoms with Crippen molar-refractivity contribution in [1.29, 1.82) is 0 Å². The highest BCUT2D eigenvalue weighted by Gasteiger charge is 2.16. The summed E-state index contributed by atoms with van der Waals surface area (Å²) in [7, 11) is 0. The molecule has 0 aliphatic carbocycles. The molecule has 0 spiro atoms. The zero-order valence-electron chi connectivity index (χ0n) is 11.0. The van der Waals surface area contributed by atoms with Crippen LogP contribution in [0.3, 0.4) is 0 Å². The Morgan fingerprint density at radius 2 is 1.89 bits per heavy atom. The van der Waals surface area contributed by atoms with Gasteiger partial charge in [-0.15, -0.1) is 0 Å². The summed E-state index contributed by atoms with van der Waals surface area (Å²) in [6.07, 6.45) is 2.75. The van der Waals surface area contributed by atoms with Crippen molar-refractivity contribution in [2.45, 2.75) is 32.3 Å². The van der Waals surface area contributed by atoms with Crippen molar-refractivity contribution in [3.63, 3.8) is 0 Å². The molecule has 0 saturated carbocycles. The minimum Gasteiger partial charge on any atom is -0.388 e. The molecule has 3 heteroatoms. The average molecular weight is 251 g/mol. The van der Waals surface area contributed by atoms with Gasteiger partial charge in [0.1, 0.15) is 5.82 Å². The zero-order valence-corrected chi connectivity index (χ0v) is 11.0. The molecule has 1 aromatic carbocycles. The molecule has 0 radical (unpaired) electrons. The van der Waals surface area contributed by atoms with Crippen LogP contribution in [-0.2, 0) is 0 Å². The Hall–Kier alpha value is -0.930. The van der Waals surface area contributed by atoms with Crippen molar-refractivity contribution < 1.29 is 9.50 Å². The summed E-state index contributed by atoms with van der Waals surface area (Å²) in [4.78, 5) is 2.41. The number of aliphatic hydroxyl groups excluding tert-OH is 1. The van der Waals surface area contributed by atoms with E-state index in [0.29, 0.717) is 0 Å². The average Bonchev–Trinajstić information content (AvgIpc) is 2.38. The molecule has 1 atom stereocenters. The van der Waals surface area contributed by atoms with Crippen LogP contribution in [0.2, 0.25) is 0 Å². The lowest BCUT2D eigenvalue weighted by atomic mass is 9.98. The summed E-state index contributed by atoms with van der Waals surface area (Å²) in [6, 6.07) is 6.14. The Morgan fingerprint density at radius 1 is 1.28 bits per heavy atom. The number of likely N-dealkylation sites (tertiary alicyclic amines) is 1. The first-order valence-corrected chi connectivity index (χ1v) is 6.81. The van der Waals surface area contributed by atoms with Crippen LogP contribution in [0.25, 0.3) is 0 Å². The Morgan fingerprint density at radius 3 is 2.50 bits per heavy atom. The SMILES string of the molecule is CC1CCN(CCC(O)c2ccc(F)cc2)CC1. The summed E-state index contributed by atoms with van der Waals surface area (Å²) >= 11 is 0. The van der Waals surface area contributed by atoms with Gasteiger partial charge in [-0.25, -0.2) is 4.39 Å². The molecular formula is C15H22FNO. The Bertz CT molecular complexity index is 357. The number of nitrogens with zero attached hydrogens (tertiary/aromatic N) is 1. The number of piperidine rings is 1. The van der Waals surface area contributed by atoms with Gasteiger partial charge in [0.2, 0.25) is 0 Å². The fraction of sp³-hybridized carbons (Fsp3) is 0.600. The summed E-state index contributed by atoms with van der Waals surface area (Å²) in [5.41, 5.74) is 0.807. The topological polar surface area (TPSA) is 23.5 Å². The Labute approximate surface area is 108 Å². The first-order chi connectivity index (χ1) is 8.65. The van der Waals surface area contributed by atoms with Crippen molar-refractivity contribution in [2.24, 2.45) is 5.92 Å². The lowest BCUT2D eigenvalue weighted by Gasteiger charge is -2.30. The van der Waals surface area contributed by atoms with Crippen LogP contribution in [0.4, 0.5) is 4.39 Å². The van der Waals surface area contributed by atoms with Crippen LogP contribution in [0.5, 0.6) is 0 Å². The summed E-state index contributed by atoms with van der Waals surface area (Å²) < 4.78 is 12.8. The lowest BCUT2D eigenvalue weighted by molar-refractivity contribution is 0.125. The van der Waals surface area contributed by atoms with E-state index in [1.165, 1.54) is 25.0 Å². The lowest BCUT2D eigenvalue weighted by Crippen LogP contribution is -2.34. The number of hydrogen-bond acceptors (Lipinski definition) is 2. The predicted molar refractivity (Wildman–Crippen MR) is 70.8 cm³/mol. The quantitative estimate of drug-likeness (QED) is 0.889. The van der Waals surface area contributed by atoms with Gasteiger partial charge in [0.25, 0.3) is 0 Å². The molecule has 100 valence electrons. The standard InChI is InChI=1S/C15H22FNO/c1-12-6-9-17(10-7-12)11-8-15(18)13-2-4-14(16)5-3-13/h2-5,12,15,18H,6-11H2,1H3. The van der Waals surface area contributed by atoms with Gasteiger partial charge >= 0.3 is 0 Å². The van der Waals surface area contributed by atoms with Gasteiger partial charge in [0.05, 0.1) is 6.10 Å². The van der Waals surface area contributed by atoms with Gasteiger partial charge in [-0.2, -0.15) is 0 Å². The third kappa shape index (κ3) is 3.79. The number of aliphatic hydroxyl groups is 1. The molecule has 1 aromatic rings. The van der Waals surface area contributed by atoms with E-state index in [2.05, 4.69) is 11.8 Å². The van der Waals surface area contributed by atoms with Crippen LogP contribution < -0.4 is 0 Å². The molecule has 1 unspecified atom stereocenters. The molecule has 0 bridgehead atoms. The van der Waals surface area contributed by atoms with E-state index in [1.807, 2.05) is 0 Å². The Kier molecular flexibility index (Phi) is 4.72. The minimum atomic E-state index is -0.482. The molecule has 2 nitrogen and oxygen atoms in total. The molecule has 0 amide bonds. The van der Waals surface area contributed by atoms with E-state index < -0.39 is 6.10 Å². The number of hydrogen-bond donors (Lipinski definition) is 1. The van der Waals surface area contributed by atoms with Crippen LogP contribution in [0.1, 0.15) is 37.9 Å².